The molecule has 0 saturated heterocycles. The fraction of sp³-hybridized carbons (Fsp3) is 0.300. The number of halogens is 5. The highest BCUT2D eigenvalue weighted by atomic mass is 79.9. The van der Waals surface area contributed by atoms with Crippen molar-refractivity contribution in [3.63, 3.8) is 0 Å². The van der Waals surface area contributed by atoms with Gasteiger partial charge in [0.05, 0.1) is 15.4 Å². The average Bonchev–Trinajstić information content (AvgIpc) is 2.19. The molecule has 0 heterocycles. The molecule has 94 valence electrons. The van der Waals surface area contributed by atoms with E-state index in [1.807, 2.05) is 0 Å². The van der Waals surface area contributed by atoms with Crippen LogP contribution < -0.4 is 5.73 Å². The number of rotatable bonds is 3. The molecule has 1 rings (SSSR count). The SMILES string of the molecule is NC(=O)C(Br)Cc1ccc(Cl)c(C(F)(F)F)c1. The van der Waals surface area contributed by atoms with Gasteiger partial charge in [-0.15, -0.1) is 0 Å². The molecule has 1 aromatic rings. The van der Waals surface area contributed by atoms with Gasteiger partial charge in [-0.3, -0.25) is 4.79 Å². The Labute approximate surface area is 109 Å². The Morgan fingerprint density at radius 3 is 2.53 bits per heavy atom. The van der Waals surface area contributed by atoms with Crippen molar-refractivity contribution in [2.75, 3.05) is 0 Å². The molecule has 0 fully saturated rings. The summed E-state index contributed by atoms with van der Waals surface area (Å²) >= 11 is 8.44. The van der Waals surface area contributed by atoms with Gasteiger partial charge in [0.25, 0.3) is 0 Å². The lowest BCUT2D eigenvalue weighted by molar-refractivity contribution is -0.137. The third-order valence-electron chi connectivity index (χ3n) is 2.06. The van der Waals surface area contributed by atoms with Crippen molar-refractivity contribution in [1.82, 2.24) is 0 Å². The first kappa shape index (κ1) is 14.3. The molecular formula is C10H8BrClF3NO. The molecule has 0 spiro atoms. The second-order valence-electron chi connectivity index (χ2n) is 3.39. The summed E-state index contributed by atoms with van der Waals surface area (Å²) in [5, 5.41) is -0.369. The zero-order valence-corrected chi connectivity index (χ0v) is 10.7. The van der Waals surface area contributed by atoms with E-state index in [0.717, 1.165) is 12.1 Å². The molecule has 7 heteroatoms. The van der Waals surface area contributed by atoms with Crippen LogP contribution in [0.2, 0.25) is 5.02 Å². The van der Waals surface area contributed by atoms with Gasteiger partial charge in [0, 0.05) is 0 Å². The molecule has 2 nitrogen and oxygen atoms in total. The summed E-state index contributed by atoms with van der Waals surface area (Å²) in [6, 6.07) is 3.49. The lowest BCUT2D eigenvalue weighted by Gasteiger charge is -2.12. The van der Waals surface area contributed by atoms with Crippen molar-refractivity contribution in [2.45, 2.75) is 17.4 Å². The van der Waals surface area contributed by atoms with Gasteiger partial charge in [-0.1, -0.05) is 33.6 Å². The molecule has 0 aromatic heterocycles. The minimum Gasteiger partial charge on any atom is -0.369 e. The third kappa shape index (κ3) is 3.89. The first-order chi connectivity index (χ1) is 7.71. The van der Waals surface area contributed by atoms with Gasteiger partial charge >= 0.3 is 6.18 Å². The lowest BCUT2D eigenvalue weighted by Crippen LogP contribution is -2.25. The topological polar surface area (TPSA) is 43.1 Å². The van der Waals surface area contributed by atoms with Gasteiger partial charge in [0.2, 0.25) is 5.91 Å². The van der Waals surface area contributed by atoms with Crippen LogP contribution in [0.3, 0.4) is 0 Å². The van der Waals surface area contributed by atoms with Crippen molar-refractivity contribution in [3.8, 4) is 0 Å². The average molecular weight is 331 g/mol. The second-order valence-corrected chi connectivity index (χ2v) is 4.90. The Hall–Kier alpha value is -0.750. The normalized spacial score (nSPS) is 13.5. The van der Waals surface area contributed by atoms with Gasteiger partial charge in [-0.2, -0.15) is 13.2 Å². The lowest BCUT2D eigenvalue weighted by atomic mass is 10.1. The molecule has 2 N–H and O–H groups in total. The smallest absolute Gasteiger partial charge is 0.369 e. The summed E-state index contributed by atoms with van der Waals surface area (Å²) in [5.74, 6) is -0.631. The number of primary amides is 1. The Balaban J connectivity index is 3.01. The first-order valence-corrected chi connectivity index (χ1v) is 5.80. The number of carbonyl (C=O) groups is 1. The maximum atomic E-state index is 12.5. The maximum Gasteiger partial charge on any atom is 0.417 e. The van der Waals surface area contributed by atoms with Crippen molar-refractivity contribution in [1.29, 1.82) is 0 Å². The van der Waals surface area contributed by atoms with Gasteiger partial charge in [-0.05, 0) is 24.1 Å². The quantitative estimate of drug-likeness (QED) is 0.850. The third-order valence-corrected chi connectivity index (χ3v) is 3.16. The van der Waals surface area contributed by atoms with Crippen LogP contribution in [0, 0.1) is 0 Å². The largest absolute Gasteiger partial charge is 0.417 e. The van der Waals surface area contributed by atoms with Gasteiger partial charge < -0.3 is 5.73 Å². The van der Waals surface area contributed by atoms with Crippen LogP contribution in [0.5, 0.6) is 0 Å². The maximum absolute atomic E-state index is 12.5. The van der Waals surface area contributed by atoms with Crippen LogP contribution in [0.25, 0.3) is 0 Å². The van der Waals surface area contributed by atoms with E-state index in [-0.39, 0.29) is 11.4 Å². The fourth-order valence-electron chi connectivity index (χ4n) is 1.22. The van der Waals surface area contributed by atoms with E-state index >= 15 is 0 Å². The van der Waals surface area contributed by atoms with Crippen molar-refractivity contribution in [2.24, 2.45) is 5.73 Å². The molecule has 0 aliphatic heterocycles. The molecular weight excluding hydrogens is 322 g/mol. The van der Waals surface area contributed by atoms with E-state index in [1.165, 1.54) is 6.07 Å². The summed E-state index contributed by atoms with van der Waals surface area (Å²) in [5.41, 5.74) is 4.42. The number of carbonyl (C=O) groups excluding carboxylic acids is 1. The minimum absolute atomic E-state index is 0.0790. The Kier molecular flexibility index (Phi) is 4.43. The molecule has 1 aromatic carbocycles. The number of hydrogen-bond acceptors (Lipinski definition) is 1. The highest BCUT2D eigenvalue weighted by Gasteiger charge is 2.33. The van der Waals surface area contributed by atoms with Crippen LogP contribution in [0.1, 0.15) is 11.1 Å². The fourth-order valence-corrected chi connectivity index (χ4v) is 1.82. The monoisotopic (exact) mass is 329 g/mol. The van der Waals surface area contributed by atoms with Crippen molar-refractivity contribution >= 4 is 33.4 Å². The predicted octanol–water partition coefficient (Wildman–Crippen LogP) is 3.15. The minimum atomic E-state index is -4.51. The van der Waals surface area contributed by atoms with E-state index < -0.39 is 22.5 Å². The number of amides is 1. The summed E-state index contributed by atoms with van der Waals surface area (Å²) in [4.78, 5) is 10.1. The van der Waals surface area contributed by atoms with E-state index in [2.05, 4.69) is 15.9 Å². The molecule has 1 amide bonds. The predicted molar refractivity (Wildman–Crippen MR) is 62.1 cm³/mol. The summed E-state index contributed by atoms with van der Waals surface area (Å²) in [6.45, 7) is 0. The number of benzene rings is 1. The summed E-state index contributed by atoms with van der Waals surface area (Å²) in [6.07, 6.45) is -4.43. The molecule has 0 saturated carbocycles. The van der Waals surface area contributed by atoms with Crippen LogP contribution in [0.15, 0.2) is 18.2 Å². The molecule has 17 heavy (non-hydrogen) atoms. The molecule has 0 bridgehead atoms. The van der Waals surface area contributed by atoms with Crippen LogP contribution in [-0.2, 0) is 17.4 Å². The molecule has 1 atom stereocenters. The number of nitrogens with two attached hydrogens (primary N) is 1. The van der Waals surface area contributed by atoms with Crippen molar-refractivity contribution in [3.05, 3.63) is 34.3 Å². The van der Waals surface area contributed by atoms with E-state index in [1.54, 1.807) is 0 Å². The highest BCUT2D eigenvalue weighted by molar-refractivity contribution is 9.10. The second kappa shape index (κ2) is 5.27. The van der Waals surface area contributed by atoms with E-state index in [0.29, 0.717) is 5.56 Å². The number of hydrogen-bond donors (Lipinski definition) is 1. The molecule has 1 unspecified atom stereocenters. The van der Waals surface area contributed by atoms with Crippen LogP contribution in [0.4, 0.5) is 13.2 Å². The molecule has 0 radical (unpaired) electrons. The van der Waals surface area contributed by atoms with Crippen LogP contribution in [-0.4, -0.2) is 10.7 Å². The zero-order chi connectivity index (χ0) is 13.2. The zero-order valence-electron chi connectivity index (χ0n) is 8.39. The van der Waals surface area contributed by atoms with Crippen LogP contribution >= 0.6 is 27.5 Å². The standard InChI is InChI=1S/C10H8BrClF3NO/c11-7(9(16)17)4-5-1-2-8(12)6(3-5)10(13,14)15/h1-3,7H,4H2,(H2,16,17). The number of alkyl halides is 4. The Morgan fingerprint density at radius 1 is 1.47 bits per heavy atom. The van der Waals surface area contributed by atoms with E-state index in [9.17, 15) is 18.0 Å². The van der Waals surface area contributed by atoms with E-state index in [4.69, 9.17) is 17.3 Å². The van der Waals surface area contributed by atoms with Gasteiger partial charge in [0.15, 0.2) is 0 Å². The van der Waals surface area contributed by atoms with Gasteiger partial charge in [0.1, 0.15) is 0 Å². The summed E-state index contributed by atoms with van der Waals surface area (Å²) < 4.78 is 37.6. The Morgan fingerprint density at radius 2 is 2.06 bits per heavy atom. The Bertz CT molecular complexity index is 436. The molecule has 0 aliphatic carbocycles. The highest BCUT2D eigenvalue weighted by Crippen LogP contribution is 2.35. The summed E-state index contributed by atoms with van der Waals surface area (Å²) in [7, 11) is 0. The first-order valence-electron chi connectivity index (χ1n) is 4.51. The molecule has 0 aliphatic rings. The van der Waals surface area contributed by atoms with Crippen molar-refractivity contribution < 1.29 is 18.0 Å². The van der Waals surface area contributed by atoms with Gasteiger partial charge in [-0.25, -0.2) is 0 Å².